The maximum atomic E-state index is 10.4. The van der Waals surface area contributed by atoms with Crippen LogP contribution in [0.3, 0.4) is 0 Å². The Kier molecular flexibility index (Phi) is 6.64. The molecule has 0 bridgehead atoms. The number of aliphatic hydroxyl groups is 1. The molecular formula is C22H29ClN2O2. The van der Waals surface area contributed by atoms with Gasteiger partial charge in [-0.3, -0.25) is 4.90 Å². The lowest BCUT2D eigenvalue weighted by Gasteiger charge is -2.37. The molecule has 0 radical (unpaired) electrons. The minimum atomic E-state index is -0.494. The molecule has 0 spiro atoms. The lowest BCUT2D eigenvalue weighted by molar-refractivity contribution is 0.0663. The van der Waals surface area contributed by atoms with Gasteiger partial charge in [-0.2, -0.15) is 0 Å². The predicted molar refractivity (Wildman–Crippen MR) is 112 cm³/mol. The summed E-state index contributed by atoms with van der Waals surface area (Å²) in [6.45, 7) is 10.9. The lowest BCUT2D eigenvalue weighted by atomic mass is 10.1. The van der Waals surface area contributed by atoms with Crippen LogP contribution in [0.2, 0.25) is 5.02 Å². The monoisotopic (exact) mass is 388 g/mol. The van der Waals surface area contributed by atoms with E-state index in [2.05, 4.69) is 36.6 Å². The van der Waals surface area contributed by atoms with E-state index in [0.717, 1.165) is 37.0 Å². The summed E-state index contributed by atoms with van der Waals surface area (Å²) < 4.78 is 5.76. The van der Waals surface area contributed by atoms with E-state index in [1.807, 2.05) is 30.3 Å². The van der Waals surface area contributed by atoms with Crippen molar-refractivity contribution in [1.29, 1.82) is 0 Å². The molecule has 27 heavy (non-hydrogen) atoms. The third-order valence-corrected chi connectivity index (χ3v) is 5.51. The summed E-state index contributed by atoms with van der Waals surface area (Å²) in [6, 6.07) is 12.1. The van der Waals surface area contributed by atoms with Crippen molar-refractivity contribution in [1.82, 2.24) is 4.90 Å². The van der Waals surface area contributed by atoms with Gasteiger partial charge >= 0.3 is 0 Å². The molecule has 1 heterocycles. The van der Waals surface area contributed by atoms with Gasteiger partial charge in [0.15, 0.2) is 0 Å². The Bertz CT molecular complexity index is 773. The van der Waals surface area contributed by atoms with E-state index in [-0.39, 0.29) is 0 Å². The number of hydrogen-bond donors (Lipinski definition) is 1. The average Bonchev–Trinajstić information content (AvgIpc) is 2.65. The maximum Gasteiger partial charge on any atom is 0.119 e. The van der Waals surface area contributed by atoms with Gasteiger partial charge in [0, 0.05) is 43.4 Å². The number of hydrogen-bond acceptors (Lipinski definition) is 4. The number of nitrogens with zero attached hydrogens (tertiary/aromatic N) is 2. The molecule has 3 rings (SSSR count). The molecule has 2 aromatic carbocycles. The third-order valence-electron chi connectivity index (χ3n) is 5.27. The second kappa shape index (κ2) is 8.96. The highest BCUT2D eigenvalue weighted by Gasteiger charge is 2.21. The Morgan fingerprint density at radius 3 is 2.37 bits per heavy atom. The van der Waals surface area contributed by atoms with Gasteiger partial charge in [-0.05, 0) is 61.7 Å². The summed E-state index contributed by atoms with van der Waals surface area (Å²) in [5, 5.41) is 11.1. The first-order valence-corrected chi connectivity index (χ1v) is 9.92. The molecule has 1 saturated heterocycles. The minimum Gasteiger partial charge on any atom is -0.491 e. The number of aryl methyl sites for hydroxylation is 3. The molecule has 0 aromatic heterocycles. The minimum absolute atomic E-state index is 0.316. The van der Waals surface area contributed by atoms with Gasteiger partial charge in [0.25, 0.3) is 0 Å². The van der Waals surface area contributed by atoms with Crippen molar-refractivity contribution in [3.05, 3.63) is 58.1 Å². The molecule has 5 heteroatoms. The fraction of sp³-hybridized carbons (Fsp3) is 0.455. The molecule has 0 aliphatic carbocycles. The zero-order chi connectivity index (χ0) is 19.4. The van der Waals surface area contributed by atoms with E-state index in [4.69, 9.17) is 16.3 Å². The molecule has 1 aliphatic rings. The van der Waals surface area contributed by atoms with Gasteiger partial charge in [-0.15, -0.1) is 0 Å². The van der Waals surface area contributed by atoms with Crippen molar-refractivity contribution < 1.29 is 9.84 Å². The van der Waals surface area contributed by atoms with Crippen LogP contribution in [0, 0.1) is 20.8 Å². The van der Waals surface area contributed by atoms with E-state index in [9.17, 15) is 5.11 Å². The molecule has 146 valence electrons. The van der Waals surface area contributed by atoms with Crippen LogP contribution in [0.4, 0.5) is 5.69 Å². The standard InChI is InChI=1S/C22H29ClN2O2/c1-16-5-7-21(12-18(16)3)27-15-20(26)14-24-8-10-25(11-9-24)22-13-19(23)6-4-17(22)2/h4-7,12-13,20,26H,8-11,14-15H2,1-3H3/t20-/m1/s1. The van der Waals surface area contributed by atoms with Gasteiger partial charge < -0.3 is 14.7 Å². The summed E-state index contributed by atoms with van der Waals surface area (Å²) in [7, 11) is 0. The molecule has 1 N–H and O–H groups in total. The third kappa shape index (κ3) is 5.38. The number of ether oxygens (including phenoxy) is 1. The van der Waals surface area contributed by atoms with Crippen LogP contribution >= 0.6 is 11.6 Å². The molecule has 0 amide bonds. The highest BCUT2D eigenvalue weighted by Crippen LogP contribution is 2.25. The fourth-order valence-electron chi connectivity index (χ4n) is 3.44. The van der Waals surface area contributed by atoms with Gasteiger partial charge in [0.2, 0.25) is 0 Å². The topological polar surface area (TPSA) is 35.9 Å². The van der Waals surface area contributed by atoms with Crippen LogP contribution in [-0.2, 0) is 0 Å². The number of aliphatic hydroxyl groups excluding tert-OH is 1. The highest BCUT2D eigenvalue weighted by atomic mass is 35.5. The van der Waals surface area contributed by atoms with Gasteiger partial charge in [-0.1, -0.05) is 23.7 Å². The molecule has 0 saturated carbocycles. The Morgan fingerprint density at radius 1 is 0.963 bits per heavy atom. The molecule has 1 fully saturated rings. The molecule has 1 aliphatic heterocycles. The second-order valence-electron chi connectivity index (χ2n) is 7.43. The largest absolute Gasteiger partial charge is 0.491 e. The number of rotatable bonds is 6. The number of piperazine rings is 1. The quantitative estimate of drug-likeness (QED) is 0.815. The normalized spacial score (nSPS) is 16.4. The van der Waals surface area contributed by atoms with Crippen molar-refractivity contribution in [2.24, 2.45) is 0 Å². The number of halogens is 1. The molecule has 2 aromatic rings. The van der Waals surface area contributed by atoms with Crippen LogP contribution in [0.25, 0.3) is 0 Å². The molecular weight excluding hydrogens is 360 g/mol. The van der Waals surface area contributed by atoms with Crippen LogP contribution in [-0.4, -0.2) is 55.4 Å². The zero-order valence-corrected chi connectivity index (χ0v) is 17.2. The maximum absolute atomic E-state index is 10.4. The van der Waals surface area contributed by atoms with Crippen LogP contribution in [0.5, 0.6) is 5.75 Å². The lowest BCUT2D eigenvalue weighted by Crippen LogP contribution is -2.49. The number of benzene rings is 2. The van der Waals surface area contributed by atoms with Crippen molar-refractivity contribution in [2.45, 2.75) is 26.9 Å². The van der Waals surface area contributed by atoms with E-state index in [0.29, 0.717) is 13.2 Å². The first-order chi connectivity index (χ1) is 12.9. The summed E-state index contributed by atoms with van der Waals surface area (Å²) in [6.07, 6.45) is -0.494. The predicted octanol–water partition coefficient (Wildman–Crippen LogP) is 3.83. The molecule has 1 atom stereocenters. The summed E-state index contributed by atoms with van der Waals surface area (Å²) in [5.74, 6) is 0.818. The number of β-amino-alcohol motifs (C(OH)–C–C–N with tert-alkyl or cyclic N) is 1. The summed E-state index contributed by atoms with van der Waals surface area (Å²) in [5.41, 5.74) is 4.90. The van der Waals surface area contributed by atoms with Crippen molar-refractivity contribution in [3.8, 4) is 5.75 Å². The Labute approximate surface area is 167 Å². The van der Waals surface area contributed by atoms with Crippen molar-refractivity contribution in [3.63, 3.8) is 0 Å². The Morgan fingerprint density at radius 2 is 1.67 bits per heavy atom. The van der Waals surface area contributed by atoms with Gasteiger partial charge in [0.1, 0.15) is 18.5 Å². The highest BCUT2D eigenvalue weighted by molar-refractivity contribution is 6.30. The summed E-state index contributed by atoms with van der Waals surface area (Å²) in [4.78, 5) is 4.67. The van der Waals surface area contributed by atoms with E-state index in [1.54, 1.807) is 0 Å². The van der Waals surface area contributed by atoms with Crippen LogP contribution in [0.15, 0.2) is 36.4 Å². The average molecular weight is 389 g/mol. The van der Waals surface area contributed by atoms with Gasteiger partial charge in [-0.25, -0.2) is 0 Å². The Balaban J connectivity index is 1.45. The van der Waals surface area contributed by atoms with E-state index in [1.165, 1.54) is 22.4 Å². The van der Waals surface area contributed by atoms with Crippen molar-refractivity contribution in [2.75, 3.05) is 44.2 Å². The van der Waals surface area contributed by atoms with Gasteiger partial charge in [0.05, 0.1) is 0 Å². The van der Waals surface area contributed by atoms with Crippen LogP contribution in [0.1, 0.15) is 16.7 Å². The SMILES string of the molecule is Cc1ccc(OC[C@H](O)CN2CCN(c3cc(Cl)ccc3C)CC2)cc1C. The van der Waals surface area contributed by atoms with Crippen molar-refractivity contribution >= 4 is 17.3 Å². The molecule has 4 nitrogen and oxygen atoms in total. The van der Waals surface area contributed by atoms with E-state index >= 15 is 0 Å². The zero-order valence-electron chi connectivity index (χ0n) is 16.4. The second-order valence-corrected chi connectivity index (χ2v) is 7.87. The number of anilines is 1. The molecule has 0 unspecified atom stereocenters. The summed E-state index contributed by atoms with van der Waals surface area (Å²) >= 11 is 6.15. The van der Waals surface area contributed by atoms with Crippen LogP contribution < -0.4 is 9.64 Å². The van der Waals surface area contributed by atoms with E-state index < -0.39 is 6.10 Å². The first-order valence-electron chi connectivity index (χ1n) is 9.54. The first kappa shape index (κ1) is 20.0. The Hall–Kier alpha value is -1.75. The smallest absolute Gasteiger partial charge is 0.119 e. The fourth-order valence-corrected chi connectivity index (χ4v) is 3.61.